The van der Waals surface area contributed by atoms with Crippen LogP contribution in [0.2, 0.25) is 0 Å². The van der Waals surface area contributed by atoms with E-state index in [4.69, 9.17) is 8.94 Å². The van der Waals surface area contributed by atoms with Crippen LogP contribution in [0.4, 0.5) is 5.69 Å². The molecule has 0 fully saturated rings. The molecule has 1 amide bonds. The molecule has 0 radical (unpaired) electrons. The SMILES string of the molecule is Cc1nc(C(=O)Nc2ccc(Cc3noc(C(C)C)n3)cc2)co1. The van der Waals surface area contributed by atoms with Gasteiger partial charge in [0, 0.05) is 24.9 Å². The molecule has 0 bridgehead atoms. The third-order valence-corrected chi connectivity index (χ3v) is 3.40. The minimum Gasteiger partial charge on any atom is -0.448 e. The maximum absolute atomic E-state index is 12.0. The summed E-state index contributed by atoms with van der Waals surface area (Å²) in [6.45, 7) is 5.70. The van der Waals surface area contributed by atoms with Crippen LogP contribution in [0.3, 0.4) is 0 Å². The van der Waals surface area contributed by atoms with Crippen LogP contribution >= 0.6 is 0 Å². The van der Waals surface area contributed by atoms with Gasteiger partial charge < -0.3 is 14.3 Å². The van der Waals surface area contributed by atoms with Crippen LogP contribution in [-0.4, -0.2) is 21.0 Å². The summed E-state index contributed by atoms with van der Waals surface area (Å²) in [5.41, 5.74) is 1.96. The van der Waals surface area contributed by atoms with E-state index in [9.17, 15) is 4.79 Å². The number of hydrogen-bond donors (Lipinski definition) is 1. The summed E-state index contributed by atoms with van der Waals surface area (Å²) in [7, 11) is 0. The highest BCUT2D eigenvalue weighted by Gasteiger charge is 2.12. The second-order valence-corrected chi connectivity index (χ2v) is 5.78. The first-order valence-electron chi connectivity index (χ1n) is 7.66. The summed E-state index contributed by atoms with van der Waals surface area (Å²) in [5, 5.41) is 6.74. The second kappa shape index (κ2) is 6.66. The fraction of sp³-hybridized carbons (Fsp3) is 0.294. The van der Waals surface area contributed by atoms with Crippen molar-refractivity contribution in [2.24, 2.45) is 0 Å². The van der Waals surface area contributed by atoms with Gasteiger partial charge >= 0.3 is 0 Å². The molecule has 124 valence electrons. The van der Waals surface area contributed by atoms with E-state index in [0.29, 0.717) is 29.7 Å². The Hall–Kier alpha value is -2.96. The lowest BCUT2D eigenvalue weighted by Gasteiger charge is -2.04. The lowest BCUT2D eigenvalue weighted by atomic mass is 10.1. The van der Waals surface area contributed by atoms with Gasteiger partial charge in [-0.1, -0.05) is 31.1 Å². The largest absolute Gasteiger partial charge is 0.448 e. The highest BCUT2D eigenvalue weighted by Crippen LogP contribution is 2.16. The lowest BCUT2D eigenvalue weighted by Crippen LogP contribution is -2.12. The van der Waals surface area contributed by atoms with Crippen LogP contribution in [0.15, 0.2) is 39.5 Å². The van der Waals surface area contributed by atoms with Gasteiger partial charge in [-0.3, -0.25) is 4.79 Å². The fourth-order valence-corrected chi connectivity index (χ4v) is 2.13. The number of nitrogens with one attached hydrogen (secondary N) is 1. The van der Waals surface area contributed by atoms with E-state index in [1.807, 2.05) is 38.1 Å². The number of aryl methyl sites for hydroxylation is 1. The molecule has 0 saturated carbocycles. The van der Waals surface area contributed by atoms with E-state index in [1.54, 1.807) is 6.92 Å². The van der Waals surface area contributed by atoms with E-state index in [2.05, 4.69) is 20.4 Å². The van der Waals surface area contributed by atoms with Gasteiger partial charge in [-0.25, -0.2) is 4.98 Å². The van der Waals surface area contributed by atoms with E-state index < -0.39 is 0 Å². The van der Waals surface area contributed by atoms with Crippen molar-refractivity contribution in [1.82, 2.24) is 15.1 Å². The van der Waals surface area contributed by atoms with Gasteiger partial charge in [0.05, 0.1) is 0 Å². The summed E-state index contributed by atoms with van der Waals surface area (Å²) < 4.78 is 10.2. The third-order valence-electron chi connectivity index (χ3n) is 3.40. The number of aromatic nitrogens is 3. The molecule has 0 aliphatic heterocycles. The van der Waals surface area contributed by atoms with Crippen molar-refractivity contribution in [3.63, 3.8) is 0 Å². The number of rotatable bonds is 5. The van der Waals surface area contributed by atoms with Crippen molar-refractivity contribution in [3.05, 3.63) is 59.4 Å². The number of carbonyl (C=O) groups excluding carboxylic acids is 1. The van der Waals surface area contributed by atoms with Crippen LogP contribution in [-0.2, 0) is 6.42 Å². The predicted molar refractivity (Wildman–Crippen MR) is 86.8 cm³/mol. The van der Waals surface area contributed by atoms with Gasteiger partial charge in [0.1, 0.15) is 6.26 Å². The molecule has 0 spiro atoms. The quantitative estimate of drug-likeness (QED) is 0.773. The minimum absolute atomic E-state index is 0.212. The molecule has 0 aliphatic carbocycles. The Balaban J connectivity index is 1.63. The van der Waals surface area contributed by atoms with Crippen LogP contribution in [0.1, 0.15) is 53.4 Å². The Morgan fingerprint density at radius 3 is 2.54 bits per heavy atom. The van der Waals surface area contributed by atoms with Crippen molar-refractivity contribution in [2.75, 3.05) is 5.32 Å². The summed E-state index contributed by atoms with van der Waals surface area (Å²) in [4.78, 5) is 20.3. The predicted octanol–water partition coefficient (Wildman–Crippen LogP) is 3.33. The van der Waals surface area contributed by atoms with Gasteiger partial charge in [0.25, 0.3) is 5.91 Å². The van der Waals surface area contributed by atoms with Gasteiger partial charge in [-0.15, -0.1) is 0 Å². The lowest BCUT2D eigenvalue weighted by molar-refractivity contribution is 0.102. The summed E-state index contributed by atoms with van der Waals surface area (Å²) in [6, 6.07) is 7.47. The van der Waals surface area contributed by atoms with E-state index in [-0.39, 0.29) is 17.5 Å². The zero-order valence-corrected chi connectivity index (χ0v) is 13.7. The number of anilines is 1. The molecule has 3 rings (SSSR count). The molecule has 0 unspecified atom stereocenters. The van der Waals surface area contributed by atoms with E-state index >= 15 is 0 Å². The Morgan fingerprint density at radius 1 is 1.21 bits per heavy atom. The topological polar surface area (TPSA) is 94.1 Å². The molecule has 3 aromatic rings. The van der Waals surface area contributed by atoms with Crippen LogP contribution in [0.5, 0.6) is 0 Å². The number of hydrogen-bond acceptors (Lipinski definition) is 6. The summed E-state index contributed by atoms with van der Waals surface area (Å²) in [6.07, 6.45) is 1.91. The number of oxazole rings is 1. The molecule has 1 N–H and O–H groups in total. The van der Waals surface area contributed by atoms with Crippen LogP contribution in [0, 0.1) is 6.92 Å². The van der Waals surface area contributed by atoms with Crippen molar-refractivity contribution >= 4 is 11.6 Å². The van der Waals surface area contributed by atoms with E-state index in [0.717, 1.165) is 5.56 Å². The Morgan fingerprint density at radius 2 is 1.96 bits per heavy atom. The molecule has 0 saturated heterocycles. The third kappa shape index (κ3) is 3.68. The number of benzene rings is 1. The summed E-state index contributed by atoms with van der Waals surface area (Å²) >= 11 is 0. The van der Waals surface area contributed by atoms with Crippen molar-refractivity contribution in [2.45, 2.75) is 33.1 Å². The average molecular weight is 326 g/mol. The molecule has 2 heterocycles. The highest BCUT2D eigenvalue weighted by molar-refractivity contribution is 6.02. The Bertz CT molecular complexity index is 834. The van der Waals surface area contributed by atoms with E-state index in [1.165, 1.54) is 6.26 Å². The highest BCUT2D eigenvalue weighted by atomic mass is 16.5. The van der Waals surface area contributed by atoms with Gasteiger partial charge in [0.15, 0.2) is 17.4 Å². The smallest absolute Gasteiger partial charge is 0.277 e. The van der Waals surface area contributed by atoms with Crippen LogP contribution < -0.4 is 5.32 Å². The number of nitrogens with zero attached hydrogens (tertiary/aromatic N) is 3. The van der Waals surface area contributed by atoms with Crippen molar-refractivity contribution in [1.29, 1.82) is 0 Å². The minimum atomic E-state index is -0.306. The zero-order valence-electron chi connectivity index (χ0n) is 13.7. The van der Waals surface area contributed by atoms with Gasteiger partial charge in [-0.2, -0.15) is 4.98 Å². The fourth-order valence-electron chi connectivity index (χ4n) is 2.13. The Kier molecular flexibility index (Phi) is 4.41. The molecule has 1 aromatic carbocycles. The van der Waals surface area contributed by atoms with Crippen molar-refractivity contribution < 1.29 is 13.7 Å². The first-order valence-corrected chi connectivity index (χ1v) is 7.66. The average Bonchev–Trinajstić information content (AvgIpc) is 3.18. The molecule has 7 heteroatoms. The standard InChI is InChI=1S/C17H18N4O3/c1-10(2)17-20-15(21-24-17)8-12-4-6-13(7-5-12)19-16(22)14-9-23-11(3)18-14/h4-7,9-10H,8H2,1-3H3,(H,19,22). The first-order chi connectivity index (χ1) is 11.5. The second-order valence-electron chi connectivity index (χ2n) is 5.78. The summed E-state index contributed by atoms with van der Waals surface area (Å²) in [5.74, 6) is 1.64. The van der Waals surface area contributed by atoms with Gasteiger partial charge in [0.2, 0.25) is 5.89 Å². The molecule has 2 aromatic heterocycles. The Labute approximate surface area is 139 Å². The first kappa shape index (κ1) is 15.9. The zero-order chi connectivity index (χ0) is 17.1. The maximum atomic E-state index is 12.0. The van der Waals surface area contributed by atoms with Crippen molar-refractivity contribution in [3.8, 4) is 0 Å². The monoisotopic (exact) mass is 326 g/mol. The molecular weight excluding hydrogens is 308 g/mol. The number of carbonyl (C=O) groups is 1. The normalized spacial score (nSPS) is 11.0. The van der Waals surface area contributed by atoms with Crippen LogP contribution in [0.25, 0.3) is 0 Å². The molecule has 24 heavy (non-hydrogen) atoms. The molecule has 0 aliphatic rings. The number of amides is 1. The van der Waals surface area contributed by atoms with Gasteiger partial charge in [-0.05, 0) is 17.7 Å². The maximum Gasteiger partial charge on any atom is 0.277 e. The molecule has 0 atom stereocenters. The molecular formula is C17H18N4O3. The molecule has 7 nitrogen and oxygen atoms in total.